The van der Waals surface area contributed by atoms with Crippen molar-refractivity contribution in [1.82, 2.24) is 10.3 Å². The number of thiazole rings is 1. The molecule has 0 saturated heterocycles. The molecule has 1 aliphatic carbocycles. The van der Waals surface area contributed by atoms with E-state index in [9.17, 15) is 4.79 Å². The van der Waals surface area contributed by atoms with Gasteiger partial charge in [-0.3, -0.25) is 4.79 Å². The number of amides is 1. The van der Waals surface area contributed by atoms with Crippen LogP contribution in [0, 0.1) is 6.92 Å². The Balaban J connectivity index is 1.75. The maximum absolute atomic E-state index is 12.5. The van der Waals surface area contributed by atoms with Crippen LogP contribution in [0.2, 0.25) is 0 Å². The summed E-state index contributed by atoms with van der Waals surface area (Å²) in [7, 11) is 0. The number of aryl methyl sites for hydroxylation is 1. The van der Waals surface area contributed by atoms with Gasteiger partial charge in [0, 0.05) is 10.9 Å². The SMILES string of the molecule is Cc1nc(NC2CC2)sc1C(=O)NC(C(N)=S)c1cccs1. The van der Waals surface area contributed by atoms with Gasteiger partial charge in [-0.15, -0.1) is 11.3 Å². The second-order valence-corrected chi connectivity index (χ2v) is 7.63. The van der Waals surface area contributed by atoms with Crippen LogP contribution < -0.4 is 16.4 Å². The number of carbonyl (C=O) groups excluding carboxylic acids is 1. The van der Waals surface area contributed by atoms with E-state index in [0.29, 0.717) is 10.9 Å². The molecule has 2 heterocycles. The zero-order valence-corrected chi connectivity index (χ0v) is 14.4. The highest BCUT2D eigenvalue weighted by atomic mass is 32.1. The Kier molecular flexibility index (Phi) is 4.42. The Morgan fingerprint density at radius 1 is 1.55 bits per heavy atom. The molecule has 1 aliphatic rings. The molecule has 1 unspecified atom stereocenters. The molecule has 0 aromatic carbocycles. The van der Waals surface area contributed by atoms with Crippen LogP contribution in [0.3, 0.4) is 0 Å². The summed E-state index contributed by atoms with van der Waals surface area (Å²) in [6, 6.07) is 3.89. The molecule has 5 nitrogen and oxygen atoms in total. The fraction of sp³-hybridized carbons (Fsp3) is 0.357. The first kappa shape index (κ1) is 15.4. The molecule has 2 aromatic heterocycles. The van der Waals surface area contributed by atoms with Crippen molar-refractivity contribution in [2.45, 2.75) is 31.8 Å². The van der Waals surface area contributed by atoms with Gasteiger partial charge in [0.25, 0.3) is 5.91 Å². The molecule has 3 rings (SSSR count). The Morgan fingerprint density at radius 3 is 2.91 bits per heavy atom. The van der Waals surface area contributed by atoms with E-state index < -0.39 is 6.04 Å². The number of nitrogens with one attached hydrogen (secondary N) is 2. The van der Waals surface area contributed by atoms with Crippen LogP contribution in [0.4, 0.5) is 5.13 Å². The second-order valence-electron chi connectivity index (χ2n) is 5.18. The number of rotatable bonds is 6. The highest BCUT2D eigenvalue weighted by Crippen LogP contribution is 2.29. The number of thiocarbonyl (C=S) groups is 1. The summed E-state index contributed by atoms with van der Waals surface area (Å²) < 4.78 is 0. The van der Waals surface area contributed by atoms with Gasteiger partial charge in [-0.1, -0.05) is 29.6 Å². The summed E-state index contributed by atoms with van der Waals surface area (Å²) >= 11 is 7.97. The monoisotopic (exact) mass is 352 g/mol. The zero-order chi connectivity index (χ0) is 15.7. The van der Waals surface area contributed by atoms with Gasteiger partial charge in [0.1, 0.15) is 15.9 Å². The van der Waals surface area contributed by atoms with Crippen LogP contribution in [-0.2, 0) is 0 Å². The van der Waals surface area contributed by atoms with E-state index in [2.05, 4.69) is 15.6 Å². The van der Waals surface area contributed by atoms with Gasteiger partial charge >= 0.3 is 0 Å². The molecule has 4 N–H and O–H groups in total. The maximum atomic E-state index is 12.5. The number of aromatic nitrogens is 1. The van der Waals surface area contributed by atoms with Crippen LogP contribution in [-0.4, -0.2) is 21.9 Å². The van der Waals surface area contributed by atoms with E-state index in [1.165, 1.54) is 35.5 Å². The third-order valence-electron chi connectivity index (χ3n) is 3.30. The third-order valence-corrected chi connectivity index (χ3v) is 5.56. The number of hydrogen-bond acceptors (Lipinski definition) is 6. The molecule has 1 fully saturated rings. The van der Waals surface area contributed by atoms with Crippen LogP contribution in [0.15, 0.2) is 17.5 Å². The Hall–Kier alpha value is -1.51. The first-order valence-corrected chi connectivity index (χ1v) is 9.02. The largest absolute Gasteiger partial charge is 0.391 e. The average Bonchev–Trinajstić information content (AvgIpc) is 2.98. The first-order valence-electron chi connectivity index (χ1n) is 6.92. The lowest BCUT2D eigenvalue weighted by molar-refractivity contribution is 0.0950. The van der Waals surface area contributed by atoms with Crippen molar-refractivity contribution in [3.63, 3.8) is 0 Å². The number of anilines is 1. The van der Waals surface area contributed by atoms with Crippen LogP contribution >= 0.6 is 34.9 Å². The topological polar surface area (TPSA) is 80.0 Å². The maximum Gasteiger partial charge on any atom is 0.264 e. The van der Waals surface area contributed by atoms with Crippen molar-refractivity contribution in [3.05, 3.63) is 33.0 Å². The lowest BCUT2D eigenvalue weighted by Crippen LogP contribution is -2.36. The Morgan fingerprint density at radius 2 is 2.32 bits per heavy atom. The summed E-state index contributed by atoms with van der Waals surface area (Å²) in [5.41, 5.74) is 6.49. The van der Waals surface area contributed by atoms with E-state index in [1.807, 2.05) is 24.4 Å². The molecule has 1 atom stereocenters. The molecular formula is C14H16N4OS3. The lowest BCUT2D eigenvalue weighted by Gasteiger charge is -2.15. The van der Waals surface area contributed by atoms with Gasteiger partial charge < -0.3 is 16.4 Å². The smallest absolute Gasteiger partial charge is 0.264 e. The predicted octanol–water partition coefficient (Wildman–Crippen LogP) is 2.84. The van der Waals surface area contributed by atoms with Gasteiger partial charge in [0.05, 0.1) is 5.69 Å². The van der Waals surface area contributed by atoms with Gasteiger partial charge in [0.2, 0.25) is 0 Å². The molecule has 8 heteroatoms. The molecule has 1 saturated carbocycles. The molecule has 2 aromatic rings. The molecule has 0 bridgehead atoms. The number of hydrogen-bond donors (Lipinski definition) is 3. The van der Waals surface area contributed by atoms with E-state index >= 15 is 0 Å². The highest BCUT2D eigenvalue weighted by molar-refractivity contribution is 7.80. The van der Waals surface area contributed by atoms with Gasteiger partial charge in [-0.05, 0) is 31.2 Å². The zero-order valence-electron chi connectivity index (χ0n) is 12.0. The van der Waals surface area contributed by atoms with Gasteiger partial charge in [-0.25, -0.2) is 4.98 Å². The van der Waals surface area contributed by atoms with Crippen molar-refractivity contribution in [3.8, 4) is 0 Å². The van der Waals surface area contributed by atoms with E-state index in [1.54, 1.807) is 0 Å². The van der Waals surface area contributed by atoms with Crippen LogP contribution in [0.1, 0.15) is 39.1 Å². The van der Waals surface area contributed by atoms with Crippen molar-refractivity contribution < 1.29 is 4.79 Å². The normalized spacial score (nSPS) is 15.3. The highest BCUT2D eigenvalue weighted by Gasteiger charge is 2.25. The summed E-state index contributed by atoms with van der Waals surface area (Å²) in [6.45, 7) is 1.84. The Bertz CT molecular complexity index is 691. The van der Waals surface area contributed by atoms with Crippen LogP contribution in [0.25, 0.3) is 0 Å². The van der Waals surface area contributed by atoms with E-state index in [4.69, 9.17) is 18.0 Å². The number of thiophene rings is 1. The van der Waals surface area contributed by atoms with Crippen molar-refractivity contribution in [1.29, 1.82) is 0 Å². The third kappa shape index (κ3) is 3.45. The fourth-order valence-electron chi connectivity index (χ4n) is 2.01. The minimum atomic E-state index is -0.441. The lowest BCUT2D eigenvalue weighted by atomic mass is 10.2. The van der Waals surface area contributed by atoms with Crippen molar-refractivity contribution >= 4 is 50.9 Å². The molecular weight excluding hydrogens is 336 g/mol. The number of nitrogens with two attached hydrogens (primary N) is 1. The average molecular weight is 353 g/mol. The number of carbonyl (C=O) groups is 1. The summed E-state index contributed by atoms with van der Waals surface area (Å²) in [4.78, 5) is 18.7. The minimum Gasteiger partial charge on any atom is -0.391 e. The molecule has 1 amide bonds. The van der Waals surface area contributed by atoms with Gasteiger partial charge in [-0.2, -0.15) is 0 Å². The molecule has 0 aliphatic heterocycles. The summed E-state index contributed by atoms with van der Waals surface area (Å²) in [5.74, 6) is -0.190. The van der Waals surface area contributed by atoms with E-state index in [0.717, 1.165) is 15.7 Å². The minimum absolute atomic E-state index is 0.190. The summed E-state index contributed by atoms with van der Waals surface area (Å²) in [5, 5.41) is 8.95. The molecule has 0 radical (unpaired) electrons. The van der Waals surface area contributed by atoms with Crippen molar-refractivity contribution in [2.24, 2.45) is 5.73 Å². The molecule has 116 valence electrons. The van der Waals surface area contributed by atoms with E-state index in [-0.39, 0.29) is 10.9 Å². The van der Waals surface area contributed by atoms with Crippen molar-refractivity contribution in [2.75, 3.05) is 5.32 Å². The quantitative estimate of drug-likeness (QED) is 0.697. The standard InChI is InChI=1S/C14H16N4OS3/c1-7-11(22-14(16-7)17-8-4-5-8)13(19)18-10(12(15)20)9-3-2-6-21-9/h2-3,6,8,10H,4-5H2,1H3,(H2,15,20)(H,16,17)(H,18,19). The van der Waals surface area contributed by atoms with Gasteiger partial charge in [0.15, 0.2) is 5.13 Å². The van der Waals surface area contributed by atoms with Crippen LogP contribution in [0.5, 0.6) is 0 Å². The Labute approximate surface area is 141 Å². The second kappa shape index (κ2) is 6.31. The fourth-order valence-corrected chi connectivity index (χ4v) is 4.01. The predicted molar refractivity (Wildman–Crippen MR) is 94.8 cm³/mol. The molecule has 22 heavy (non-hydrogen) atoms. The first-order chi connectivity index (χ1) is 10.5. The number of nitrogens with zero attached hydrogens (tertiary/aromatic N) is 1. The molecule has 0 spiro atoms. The summed E-state index contributed by atoms with van der Waals surface area (Å²) in [6.07, 6.45) is 2.34.